The fourth-order valence-electron chi connectivity index (χ4n) is 2.47. The van der Waals surface area contributed by atoms with Crippen LogP contribution in [0.2, 0.25) is 0 Å². The third-order valence-corrected chi connectivity index (χ3v) is 3.64. The van der Waals surface area contributed by atoms with Crippen molar-refractivity contribution in [2.75, 3.05) is 6.54 Å². The van der Waals surface area contributed by atoms with E-state index in [0.717, 1.165) is 11.8 Å². The molecule has 0 spiro atoms. The summed E-state index contributed by atoms with van der Waals surface area (Å²) in [6, 6.07) is 5.48. The number of carbonyl (C=O) groups excluding carboxylic acids is 1. The number of rotatable bonds is 6. The molecule has 0 fully saturated rings. The van der Waals surface area contributed by atoms with Crippen LogP contribution in [0.3, 0.4) is 0 Å². The predicted molar refractivity (Wildman–Crippen MR) is 83.6 cm³/mol. The molecule has 128 valence electrons. The van der Waals surface area contributed by atoms with Gasteiger partial charge in [0.1, 0.15) is 5.69 Å². The lowest BCUT2D eigenvalue weighted by molar-refractivity contribution is -0.137. The van der Waals surface area contributed by atoms with E-state index in [1.165, 1.54) is 17.0 Å². The largest absolute Gasteiger partial charge is 0.481 e. The molecule has 1 heterocycles. The molecule has 7 heteroatoms. The van der Waals surface area contributed by atoms with Gasteiger partial charge in [-0.25, -0.2) is 8.78 Å². The number of carbonyl (C=O) groups is 2. The minimum atomic E-state index is -1.08. The quantitative estimate of drug-likeness (QED) is 0.851. The average Bonchev–Trinajstić information content (AvgIpc) is 2.85. The fourth-order valence-corrected chi connectivity index (χ4v) is 2.47. The Morgan fingerprint density at radius 2 is 1.96 bits per heavy atom. The third-order valence-electron chi connectivity index (χ3n) is 3.64. The highest BCUT2D eigenvalue weighted by Gasteiger charge is 2.22. The molecule has 0 bridgehead atoms. The van der Waals surface area contributed by atoms with Gasteiger partial charge in [-0.2, -0.15) is 0 Å². The Kier molecular flexibility index (Phi) is 5.33. The standard InChI is InChI=1S/C17H18F2N2O3/c1-10-8-11(2)20-16(10)17(24)21(7-6-14(22)23)9-12-4-3-5-13(18)15(12)19/h3-5,8,20H,6-7,9H2,1-2H3,(H,22,23). The first-order valence-corrected chi connectivity index (χ1v) is 7.39. The zero-order valence-corrected chi connectivity index (χ0v) is 13.4. The maximum absolute atomic E-state index is 13.9. The number of aromatic nitrogens is 1. The second kappa shape index (κ2) is 7.25. The molecule has 1 aromatic carbocycles. The summed E-state index contributed by atoms with van der Waals surface area (Å²) in [7, 11) is 0. The van der Waals surface area contributed by atoms with Crippen molar-refractivity contribution < 1.29 is 23.5 Å². The van der Waals surface area contributed by atoms with E-state index >= 15 is 0 Å². The lowest BCUT2D eigenvalue weighted by Crippen LogP contribution is -2.33. The van der Waals surface area contributed by atoms with Crippen LogP contribution < -0.4 is 0 Å². The Hall–Kier alpha value is -2.70. The summed E-state index contributed by atoms with van der Waals surface area (Å²) >= 11 is 0. The first-order chi connectivity index (χ1) is 11.3. The topological polar surface area (TPSA) is 73.4 Å². The number of aliphatic carboxylic acids is 1. The number of aromatic amines is 1. The second-order valence-electron chi connectivity index (χ2n) is 5.59. The Balaban J connectivity index is 2.30. The van der Waals surface area contributed by atoms with Gasteiger partial charge < -0.3 is 15.0 Å². The minimum absolute atomic E-state index is 0.00494. The van der Waals surface area contributed by atoms with E-state index in [-0.39, 0.29) is 25.1 Å². The van der Waals surface area contributed by atoms with Gasteiger partial charge in [-0.05, 0) is 31.5 Å². The molecule has 5 nitrogen and oxygen atoms in total. The number of hydrogen-bond acceptors (Lipinski definition) is 2. The van der Waals surface area contributed by atoms with E-state index in [1.54, 1.807) is 19.9 Å². The summed E-state index contributed by atoms with van der Waals surface area (Å²) in [4.78, 5) is 27.6. The van der Waals surface area contributed by atoms with Gasteiger partial charge in [-0.1, -0.05) is 12.1 Å². The molecule has 2 N–H and O–H groups in total. The number of carboxylic acid groups (broad SMARTS) is 1. The van der Waals surface area contributed by atoms with E-state index in [0.29, 0.717) is 11.3 Å². The summed E-state index contributed by atoms with van der Waals surface area (Å²) in [6.45, 7) is 3.21. The van der Waals surface area contributed by atoms with Crippen molar-refractivity contribution in [1.29, 1.82) is 0 Å². The van der Waals surface area contributed by atoms with Crippen LogP contribution in [0.5, 0.6) is 0 Å². The number of nitrogens with one attached hydrogen (secondary N) is 1. The number of nitrogens with zero attached hydrogens (tertiary/aromatic N) is 1. The molecule has 0 saturated carbocycles. The molecule has 1 amide bonds. The van der Waals surface area contributed by atoms with Crippen molar-refractivity contribution >= 4 is 11.9 Å². The Morgan fingerprint density at radius 3 is 2.54 bits per heavy atom. The number of hydrogen-bond donors (Lipinski definition) is 2. The van der Waals surface area contributed by atoms with Crippen LogP contribution in [-0.2, 0) is 11.3 Å². The van der Waals surface area contributed by atoms with Crippen LogP contribution in [0.1, 0.15) is 33.7 Å². The van der Waals surface area contributed by atoms with Crippen LogP contribution in [0.25, 0.3) is 0 Å². The Bertz CT molecular complexity index is 771. The number of H-pyrrole nitrogens is 1. The van der Waals surface area contributed by atoms with Crippen LogP contribution in [0.4, 0.5) is 8.78 Å². The van der Waals surface area contributed by atoms with Crippen molar-refractivity contribution in [3.05, 3.63) is 58.4 Å². The SMILES string of the molecule is Cc1cc(C)c(C(=O)N(CCC(=O)O)Cc2cccc(F)c2F)[nH]1. The molecule has 1 aromatic heterocycles. The van der Waals surface area contributed by atoms with Gasteiger partial charge >= 0.3 is 5.97 Å². The normalized spacial score (nSPS) is 10.7. The van der Waals surface area contributed by atoms with Gasteiger partial charge in [-0.3, -0.25) is 9.59 Å². The lowest BCUT2D eigenvalue weighted by Gasteiger charge is -2.22. The van der Waals surface area contributed by atoms with E-state index in [4.69, 9.17) is 5.11 Å². The highest BCUT2D eigenvalue weighted by molar-refractivity contribution is 5.94. The lowest BCUT2D eigenvalue weighted by atomic mass is 10.1. The average molecular weight is 336 g/mol. The maximum atomic E-state index is 13.9. The van der Waals surface area contributed by atoms with Crippen LogP contribution in [0, 0.1) is 25.5 Å². The van der Waals surface area contributed by atoms with Crippen molar-refractivity contribution in [1.82, 2.24) is 9.88 Å². The van der Waals surface area contributed by atoms with Gasteiger partial charge in [0.15, 0.2) is 11.6 Å². The van der Waals surface area contributed by atoms with Crippen molar-refractivity contribution in [3.63, 3.8) is 0 Å². The zero-order valence-electron chi connectivity index (χ0n) is 13.4. The smallest absolute Gasteiger partial charge is 0.305 e. The fraction of sp³-hybridized carbons (Fsp3) is 0.294. The first-order valence-electron chi connectivity index (χ1n) is 7.39. The molecule has 0 aliphatic heterocycles. The van der Waals surface area contributed by atoms with Gasteiger partial charge in [0.2, 0.25) is 0 Å². The Morgan fingerprint density at radius 1 is 1.25 bits per heavy atom. The number of carboxylic acids is 1. The number of amides is 1. The third kappa shape index (κ3) is 3.98. The molecule has 0 aliphatic rings. The highest BCUT2D eigenvalue weighted by atomic mass is 19.2. The molecular formula is C17H18F2N2O3. The predicted octanol–water partition coefficient (Wildman–Crippen LogP) is 3.03. The van der Waals surface area contributed by atoms with E-state index in [2.05, 4.69) is 4.98 Å². The molecule has 2 aromatic rings. The maximum Gasteiger partial charge on any atom is 0.305 e. The molecule has 24 heavy (non-hydrogen) atoms. The van der Waals surface area contributed by atoms with Crippen LogP contribution >= 0.6 is 0 Å². The van der Waals surface area contributed by atoms with Gasteiger partial charge in [0.05, 0.1) is 6.42 Å². The number of halogens is 2. The molecule has 0 radical (unpaired) electrons. The molecule has 2 rings (SSSR count). The summed E-state index contributed by atoms with van der Waals surface area (Å²) in [5, 5.41) is 8.86. The van der Waals surface area contributed by atoms with Crippen molar-refractivity contribution in [2.45, 2.75) is 26.8 Å². The molecule has 0 aliphatic carbocycles. The van der Waals surface area contributed by atoms with Crippen molar-refractivity contribution in [3.8, 4) is 0 Å². The molecule has 0 saturated heterocycles. The van der Waals surface area contributed by atoms with E-state index in [9.17, 15) is 18.4 Å². The highest BCUT2D eigenvalue weighted by Crippen LogP contribution is 2.18. The number of aryl methyl sites for hydroxylation is 2. The molecule has 0 unspecified atom stereocenters. The monoisotopic (exact) mass is 336 g/mol. The van der Waals surface area contributed by atoms with Gasteiger partial charge in [0.25, 0.3) is 5.91 Å². The van der Waals surface area contributed by atoms with Crippen molar-refractivity contribution in [2.24, 2.45) is 0 Å². The van der Waals surface area contributed by atoms with Crippen LogP contribution in [-0.4, -0.2) is 33.4 Å². The zero-order chi connectivity index (χ0) is 17.9. The summed E-state index contributed by atoms with van der Waals surface area (Å²) in [5.41, 5.74) is 1.80. The van der Waals surface area contributed by atoms with Gasteiger partial charge in [-0.15, -0.1) is 0 Å². The Labute approximate surface area is 137 Å². The van der Waals surface area contributed by atoms with E-state index < -0.39 is 23.5 Å². The summed E-state index contributed by atoms with van der Waals surface area (Å²) in [6.07, 6.45) is -0.290. The molecular weight excluding hydrogens is 318 g/mol. The first kappa shape index (κ1) is 17.7. The van der Waals surface area contributed by atoms with Gasteiger partial charge in [0, 0.05) is 24.3 Å². The second-order valence-corrected chi connectivity index (χ2v) is 5.59. The van der Waals surface area contributed by atoms with E-state index in [1.807, 2.05) is 0 Å². The van der Waals surface area contributed by atoms with Crippen LogP contribution in [0.15, 0.2) is 24.3 Å². The summed E-state index contributed by atoms with van der Waals surface area (Å²) < 4.78 is 27.2. The minimum Gasteiger partial charge on any atom is -0.481 e. The summed E-state index contributed by atoms with van der Waals surface area (Å²) in [5.74, 6) is -3.58. The molecule has 0 atom stereocenters. The number of benzene rings is 1.